The van der Waals surface area contributed by atoms with E-state index in [1.54, 1.807) is 28.3 Å². The van der Waals surface area contributed by atoms with Crippen molar-refractivity contribution in [3.63, 3.8) is 0 Å². The quantitative estimate of drug-likeness (QED) is 0.547. The predicted octanol–water partition coefficient (Wildman–Crippen LogP) is 2.25. The second-order valence-corrected chi connectivity index (χ2v) is 8.05. The molecule has 0 bridgehead atoms. The molecule has 0 spiro atoms. The van der Waals surface area contributed by atoms with E-state index in [1.807, 2.05) is 12.1 Å². The summed E-state index contributed by atoms with van der Waals surface area (Å²) in [6, 6.07) is 5.47. The number of aromatic amines is 1. The van der Waals surface area contributed by atoms with Gasteiger partial charge in [-0.15, -0.1) is 0 Å². The highest BCUT2D eigenvalue weighted by molar-refractivity contribution is 6.09. The monoisotopic (exact) mass is 451 g/mol. The van der Waals surface area contributed by atoms with Crippen molar-refractivity contribution in [1.29, 1.82) is 0 Å². The highest BCUT2D eigenvalue weighted by atomic mass is 16.6. The molecule has 0 saturated carbocycles. The standard InChI is InChI=1S/C22H25N7O4/c30-21(29-11-15(12-29)33-17-6-2-3-7-23-17)16-10-24-19-18(16)20(26-13-25-19)27-14-32-22(31)28-8-4-1-5-9-28/h2-3,6-7,10,13,15H,1,4-5,8-9,11-12,14H2,(H2,24,25,26,27). The van der Waals surface area contributed by atoms with Crippen LogP contribution in [0, 0.1) is 0 Å². The number of nitrogens with zero attached hydrogens (tertiary/aromatic N) is 5. The minimum atomic E-state index is -0.350. The number of carbonyl (C=O) groups excluding carboxylic acids is 2. The summed E-state index contributed by atoms with van der Waals surface area (Å²) in [4.78, 5) is 44.4. The van der Waals surface area contributed by atoms with Crippen LogP contribution in [0.2, 0.25) is 0 Å². The van der Waals surface area contributed by atoms with Gasteiger partial charge in [0.05, 0.1) is 24.0 Å². The Morgan fingerprint density at radius 2 is 1.94 bits per heavy atom. The van der Waals surface area contributed by atoms with Crippen LogP contribution in [0.3, 0.4) is 0 Å². The first-order chi connectivity index (χ1) is 16.2. The number of piperidine rings is 1. The number of H-pyrrole nitrogens is 1. The van der Waals surface area contributed by atoms with E-state index in [1.165, 1.54) is 6.33 Å². The van der Waals surface area contributed by atoms with Crippen LogP contribution in [0.25, 0.3) is 11.0 Å². The maximum atomic E-state index is 13.1. The lowest BCUT2D eigenvalue weighted by Gasteiger charge is -2.38. The van der Waals surface area contributed by atoms with Crippen molar-refractivity contribution in [2.75, 3.05) is 38.2 Å². The summed E-state index contributed by atoms with van der Waals surface area (Å²) in [7, 11) is 0. The number of pyridine rings is 1. The maximum Gasteiger partial charge on any atom is 0.411 e. The number of hydrogen-bond donors (Lipinski definition) is 2. The largest absolute Gasteiger partial charge is 0.471 e. The molecule has 2 aliphatic rings. The zero-order chi connectivity index (χ0) is 22.6. The van der Waals surface area contributed by atoms with Crippen LogP contribution in [0.1, 0.15) is 29.6 Å². The van der Waals surface area contributed by atoms with Gasteiger partial charge in [0.2, 0.25) is 5.88 Å². The molecule has 2 fully saturated rings. The van der Waals surface area contributed by atoms with E-state index >= 15 is 0 Å². The first kappa shape index (κ1) is 21.0. The maximum absolute atomic E-state index is 13.1. The fourth-order valence-electron chi connectivity index (χ4n) is 4.04. The minimum Gasteiger partial charge on any atom is -0.471 e. The Labute approximate surface area is 190 Å². The minimum absolute atomic E-state index is 0.0516. The van der Waals surface area contributed by atoms with Gasteiger partial charge in [-0.3, -0.25) is 4.79 Å². The number of aromatic nitrogens is 4. The summed E-state index contributed by atoms with van der Waals surface area (Å²) in [6.07, 6.45) is 7.36. The molecule has 33 heavy (non-hydrogen) atoms. The molecule has 0 aromatic carbocycles. The molecule has 2 N–H and O–H groups in total. The average molecular weight is 451 g/mol. The number of fused-ring (bicyclic) bond motifs is 1. The van der Waals surface area contributed by atoms with Crippen LogP contribution < -0.4 is 10.1 Å². The predicted molar refractivity (Wildman–Crippen MR) is 119 cm³/mol. The Hall–Kier alpha value is -3.89. The Morgan fingerprint density at radius 1 is 1.09 bits per heavy atom. The van der Waals surface area contributed by atoms with Crippen LogP contribution >= 0.6 is 0 Å². The van der Waals surface area contributed by atoms with Crippen LogP contribution in [-0.4, -0.2) is 80.7 Å². The van der Waals surface area contributed by atoms with Gasteiger partial charge in [-0.2, -0.15) is 0 Å². The van der Waals surface area contributed by atoms with Crippen molar-refractivity contribution in [1.82, 2.24) is 29.7 Å². The molecular formula is C22H25N7O4. The lowest BCUT2D eigenvalue weighted by molar-refractivity contribution is 0.0161. The molecule has 2 saturated heterocycles. The molecule has 11 heteroatoms. The smallest absolute Gasteiger partial charge is 0.411 e. The molecule has 5 rings (SSSR count). The molecule has 0 atom stereocenters. The summed E-state index contributed by atoms with van der Waals surface area (Å²) < 4.78 is 11.1. The molecule has 5 heterocycles. The fraction of sp³-hybridized carbons (Fsp3) is 0.409. The van der Waals surface area contributed by atoms with E-state index in [2.05, 4.69) is 25.3 Å². The summed E-state index contributed by atoms with van der Waals surface area (Å²) >= 11 is 0. The number of carbonyl (C=O) groups is 2. The number of anilines is 1. The number of amides is 2. The topological polar surface area (TPSA) is 126 Å². The summed E-state index contributed by atoms with van der Waals surface area (Å²) in [5.41, 5.74) is 0.978. The normalized spacial score (nSPS) is 16.4. The van der Waals surface area contributed by atoms with Crippen molar-refractivity contribution in [2.45, 2.75) is 25.4 Å². The van der Waals surface area contributed by atoms with Gasteiger partial charge in [0.1, 0.15) is 23.9 Å². The molecule has 2 aliphatic heterocycles. The summed E-state index contributed by atoms with van der Waals surface area (Å²) in [5, 5.41) is 3.57. The number of nitrogens with one attached hydrogen (secondary N) is 2. The van der Waals surface area contributed by atoms with Crippen molar-refractivity contribution in [3.05, 3.63) is 42.5 Å². The molecule has 0 unspecified atom stereocenters. The van der Waals surface area contributed by atoms with Crippen LogP contribution in [0.15, 0.2) is 36.9 Å². The Morgan fingerprint density at radius 3 is 2.73 bits per heavy atom. The molecule has 2 amide bonds. The van der Waals surface area contributed by atoms with Gasteiger partial charge < -0.3 is 29.6 Å². The van der Waals surface area contributed by atoms with E-state index in [0.717, 1.165) is 19.3 Å². The van der Waals surface area contributed by atoms with E-state index < -0.39 is 0 Å². The van der Waals surface area contributed by atoms with Gasteiger partial charge >= 0.3 is 6.09 Å². The first-order valence-corrected chi connectivity index (χ1v) is 11.0. The second kappa shape index (κ2) is 9.31. The van der Waals surface area contributed by atoms with Crippen molar-refractivity contribution < 1.29 is 19.1 Å². The third-order valence-corrected chi connectivity index (χ3v) is 5.81. The Bertz CT molecular complexity index is 1120. The lowest BCUT2D eigenvalue weighted by Crippen LogP contribution is -2.56. The zero-order valence-electron chi connectivity index (χ0n) is 18.1. The second-order valence-electron chi connectivity index (χ2n) is 8.05. The molecule has 3 aromatic rings. The molecule has 3 aromatic heterocycles. The summed E-state index contributed by atoms with van der Waals surface area (Å²) in [5.74, 6) is 0.823. The van der Waals surface area contributed by atoms with E-state index in [9.17, 15) is 9.59 Å². The molecular weight excluding hydrogens is 426 g/mol. The zero-order valence-corrected chi connectivity index (χ0v) is 18.1. The van der Waals surface area contributed by atoms with Gasteiger partial charge in [0.15, 0.2) is 6.73 Å². The first-order valence-electron chi connectivity index (χ1n) is 11.0. The molecule has 11 nitrogen and oxygen atoms in total. The molecule has 172 valence electrons. The highest BCUT2D eigenvalue weighted by Gasteiger charge is 2.34. The number of ether oxygens (including phenoxy) is 2. The number of hydrogen-bond acceptors (Lipinski definition) is 8. The fourth-order valence-corrected chi connectivity index (χ4v) is 4.04. The van der Waals surface area contributed by atoms with Crippen LogP contribution in [0.4, 0.5) is 10.6 Å². The number of rotatable bonds is 6. The van der Waals surface area contributed by atoms with Gasteiger partial charge in [-0.05, 0) is 25.3 Å². The van der Waals surface area contributed by atoms with Gasteiger partial charge in [0, 0.05) is 31.5 Å². The molecule has 0 radical (unpaired) electrons. The van der Waals surface area contributed by atoms with Crippen molar-refractivity contribution in [3.8, 4) is 5.88 Å². The Balaban J connectivity index is 1.21. The van der Waals surface area contributed by atoms with Crippen molar-refractivity contribution in [2.24, 2.45) is 0 Å². The highest BCUT2D eigenvalue weighted by Crippen LogP contribution is 2.26. The van der Waals surface area contributed by atoms with Gasteiger partial charge in [0.25, 0.3) is 5.91 Å². The lowest BCUT2D eigenvalue weighted by atomic mass is 10.1. The number of likely N-dealkylation sites (tertiary alicyclic amines) is 2. The van der Waals surface area contributed by atoms with Gasteiger partial charge in [-0.1, -0.05) is 6.07 Å². The van der Waals surface area contributed by atoms with Crippen LogP contribution in [-0.2, 0) is 4.74 Å². The third-order valence-electron chi connectivity index (χ3n) is 5.81. The third kappa shape index (κ3) is 4.52. The average Bonchev–Trinajstić information content (AvgIpc) is 3.27. The molecule has 0 aliphatic carbocycles. The summed E-state index contributed by atoms with van der Waals surface area (Å²) in [6.45, 7) is 2.31. The van der Waals surface area contributed by atoms with Crippen molar-refractivity contribution >= 4 is 28.9 Å². The van der Waals surface area contributed by atoms with Crippen LogP contribution in [0.5, 0.6) is 5.88 Å². The van der Waals surface area contributed by atoms with Gasteiger partial charge in [-0.25, -0.2) is 19.7 Å². The van der Waals surface area contributed by atoms with E-state index in [4.69, 9.17) is 9.47 Å². The van der Waals surface area contributed by atoms with E-state index in [0.29, 0.717) is 54.5 Å². The van der Waals surface area contributed by atoms with E-state index in [-0.39, 0.29) is 24.8 Å². The Kier molecular flexibility index (Phi) is 5.92. The SMILES string of the molecule is O=C(OCNc1ncnc2[nH]cc(C(=O)N3CC(Oc4ccccn4)C3)c12)N1CCCCC1.